The number of nitrogens with zero attached hydrogens (tertiary/aromatic N) is 4. The van der Waals surface area contributed by atoms with E-state index in [4.69, 9.17) is 9.26 Å². The minimum Gasteiger partial charge on any atom is -0.463 e. The van der Waals surface area contributed by atoms with E-state index < -0.39 is 0 Å². The molecule has 0 saturated heterocycles. The van der Waals surface area contributed by atoms with E-state index in [1.165, 1.54) is 0 Å². The molecule has 0 amide bonds. The Morgan fingerprint density at radius 3 is 2.57 bits per heavy atom. The predicted molar refractivity (Wildman–Crippen MR) is 78.2 cm³/mol. The van der Waals surface area contributed by atoms with E-state index >= 15 is 0 Å². The van der Waals surface area contributed by atoms with Crippen molar-refractivity contribution in [2.75, 3.05) is 23.8 Å². The molecule has 0 aliphatic heterocycles. The van der Waals surface area contributed by atoms with Gasteiger partial charge < -0.3 is 19.9 Å². The van der Waals surface area contributed by atoms with Gasteiger partial charge in [0.25, 0.3) is 0 Å². The monoisotopic (exact) mass is 292 g/mol. The first-order valence-electron chi connectivity index (χ1n) is 7.08. The summed E-state index contributed by atoms with van der Waals surface area (Å²) >= 11 is 0. The van der Waals surface area contributed by atoms with Gasteiger partial charge in [-0.1, -0.05) is 19.0 Å². The fourth-order valence-corrected chi connectivity index (χ4v) is 1.51. The molecule has 0 atom stereocenters. The molecule has 8 heteroatoms. The van der Waals surface area contributed by atoms with Crippen LogP contribution in [0.4, 0.5) is 11.9 Å². The van der Waals surface area contributed by atoms with E-state index in [2.05, 4.69) is 37.7 Å². The molecule has 114 valence electrons. The molecule has 2 heterocycles. The van der Waals surface area contributed by atoms with E-state index in [0.717, 1.165) is 19.4 Å². The van der Waals surface area contributed by atoms with E-state index in [-0.39, 0.29) is 0 Å². The van der Waals surface area contributed by atoms with Gasteiger partial charge in [0.15, 0.2) is 5.76 Å². The van der Waals surface area contributed by atoms with E-state index in [1.54, 1.807) is 12.3 Å². The van der Waals surface area contributed by atoms with Crippen molar-refractivity contribution < 1.29 is 9.26 Å². The van der Waals surface area contributed by atoms with Crippen LogP contribution in [0.25, 0.3) is 0 Å². The van der Waals surface area contributed by atoms with Crippen LogP contribution in [0.5, 0.6) is 6.01 Å². The van der Waals surface area contributed by atoms with Crippen LogP contribution in [0.1, 0.15) is 32.4 Å². The molecule has 2 rings (SSSR count). The average molecular weight is 292 g/mol. The molecule has 0 unspecified atom stereocenters. The molecule has 2 N–H and O–H groups in total. The minimum absolute atomic E-state index is 0.311. The van der Waals surface area contributed by atoms with Gasteiger partial charge in [0.05, 0.1) is 19.3 Å². The number of ether oxygens (including phenoxy) is 1. The van der Waals surface area contributed by atoms with Crippen LogP contribution in [-0.2, 0) is 6.54 Å². The van der Waals surface area contributed by atoms with Gasteiger partial charge in [-0.2, -0.15) is 15.0 Å². The third-order valence-electron chi connectivity index (χ3n) is 2.50. The number of rotatable bonds is 9. The van der Waals surface area contributed by atoms with E-state index in [1.807, 2.05) is 6.92 Å². The molecule has 0 spiro atoms. The van der Waals surface area contributed by atoms with Crippen molar-refractivity contribution in [3.8, 4) is 6.01 Å². The van der Waals surface area contributed by atoms with Crippen molar-refractivity contribution >= 4 is 11.9 Å². The maximum absolute atomic E-state index is 5.48. The maximum Gasteiger partial charge on any atom is 0.323 e. The number of nitrogens with one attached hydrogen (secondary N) is 2. The topological polar surface area (TPSA) is 98.0 Å². The molecule has 0 radical (unpaired) electrons. The zero-order chi connectivity index (χ0) is 14.9. The number of hydrogen-bond acceptors (Lipinski definition) is 8. The lowest BCUT2D eigenvalue weighted by Crippen LogP contribution is -2.11. The predicted octanol–water partition coefficient (Wildman–Crippen LogP) is 2.08. The molecule has 2 aromatic heterocycles. The Labute approximate surface area is 123 Å². The van der Waals surface area contributed by atoms with Crippen LogP contribution >= 0.6 is 0 Å². The van der Waals surface area contributed by atoms with Gasteiger partial charge in [0.2, 0.25) is 11.9 Å². The molecule has 0 saturated carbocycles. The first-order chi connectivity index (χ1) is 10.3. The fraction of sp³-hybridized carbons (Fsp3) is 0.538. The quantitative estimate of drug-likeness (QED) is 0.725. The van der Waals surface area contributed by atoms with Gasteiger partial charge in [-0.3, -0.25) is 0 Å². The van der Waals surface area contributed by atoms with Crippen molar-refractivity contribution in [3.05, 3.63) is 18.0 Å². The Morgan fingerprint density at radius 2 is 1.90 bits per heavy atom. The third kappa shape index (κ3) is 4.90. The van der Waals surface area contributed by atoms with Crippen LogP contribution in [0.2, 0.25) is 0 Å². The summed E-state index contributed by atoms with van der Waals surface area (Å²) in [6.45, 7) is 5.91. The maximum atomic E-state index is 5.48. The summed E-state index contributed by atoms with van der Waals surface area (Å²) < 4.78 is 10.5. The molecular formula is C13H20N6O2. The molecule has 0 aliphatic rings. The lowest BCUT2D eigenvalue weighted by atomic mass is 10.4. The third-order valence-corrected chi connectivity index (χ3v) is 2.50. The summed E-state index contributed by atoms with van der Waals surface area (Å²) in [5.74, 6) is 1.64. The normalized spacial score (nSPS) is 10.4. The highest BCUT2D eigenvalue weighted by Gasteiger charge is 2.08. The van der Waals surface area contributed by atoms with Crippen molar-refractivity contribution in [2.45, 2.75) is 33.2 Å². The standard InChI is InChI=1S/C13H20N6O2/c1-3-6-14-11-17-12(15-9-10-5-7-16-21-10)19-13(18-11)20-8-4-2/h5,7H,3-4,6,8-9H2,1-2H3,(H2,14,15,17,18,19). The molecule has 21 heavy (non-hydrogen) atoms. The van der Waals surface area contributed by atoms with Gasteiger partial charge in [-0.25, -0.2) is 0 Å². The van der Waals surface area contributed by atoms with Gasteiger partial charge in [0.1, 0.15) is 0 Å². The largest absolute Gasteiger partial charge is 0.463 e. The van der Waals surface area contributed by atoms with E-state index in [0.29, 0.717) is 36.8 Å². The lowest BCUT2D eigenvalue weighted by molar-refractivity contribution is 0.292. The molecule has 0 aliphatic carbocycles. The smallest absolute Gasteiger partial charge is 0.323 e. The van der Waals surface area contributed by atoms with Crippen LogP contribution in [0.15, 0.2) is 16.8 Å². The average Bonchev–Trinajstić information content (AvgIpc) is 3.02. The van der Waals surface area contributed by atoms with Gasteiger partial charge in [0, 0.05) is 12.6 Å². The second kappa shape index (κ2) is 8.03. The Hall–Kier alpha value is -2.38. The van der Waals surface area contributed by atoms with Crippen molar-refractivity contribution in [3.63, 3.8) is 0 Å². The summed E-state index contributed by atoms with van der Waals surface area (Å²) in [7, 11) is 0. The second-order valence-corrected chi connectivity index (χ2v) is 4.37. The number of aromatic nitrogens is 4. The Balaban J connectivity index is 2.05. The Kier molecular flexibility index (Phi) is 5.74. The fourth-order valence-electron chi connectivity index (χ4n) is 1.51. The summed E-state index contributed by atoms with van der Waals surface area (Å²) in [5.41, 5.74) is 0. The number of anilines is 2. The van der Waals surface area contributed by atoms with E-state index in [9.17, 15) is 0 Å². The zero-order valence-corrected chi connectivity index (χ0v) is 12.3. The summed E-state index contributed by atoms with van der Waals surface area (Å²) in [4.78, 5) is 12.7. The van der Waals surface area contributed by atoms with Crippen LogP contribution in [0.3, 0.4) is 0 Å². The lowest BCUT2D eigenvalue weighted by Gasteiger charge is -2.09. The molecular weight excluding hydrogens is 272 g/mol. The number of hydrogen-bond donors (Lipinski definition) is 2. The SMILES string of the molecule is CCCNc1nc(NCc2ccno2)nc(OCCC)n1. The zero-order valence-electron chi connectivity index (χ0n) is 12.3. The second-order valence-electron chi connectivity index (χ2n) is 4.37. The van der Waals surface area contributed by atoms with Crippen LogP contribution in [0, 0.1) is 0 Å². The highest BCUT2D eigenvalue weighted by atomic mass is 16.5. The molecule has 8 nitrogen and oxygen atoms in total. The molecule has 0 fully saturated rings. The first kappa shape index (κ1) is 15.0. The minimum atomic E-state index is 0.311. The van der Waals surface area contributed by atoms with Gasteiger partial charge in [-0.05, 0) is 12.8 Å². The molecule has 0 aromatic carbocycles. The molecule has 0 bridgehead atoms. The van der Waals surface area contributed by atoms with Crippen molar-refractivity contribution in [2.24, 2.45) is 0 Å². The highest BCUT2D eigenvalue weighted by Crippen LogP contribution is 2.12. The summed E-state index contributed by atoms with van der Waals surface area (Å²) in [5, 5.41) is 9.84. The first-order valence-corrected chi connectivity index (χ1v) is 7.08. The Morgan fingerprint density at radius 1 is 1.10 bits per heavy atom. The summed E-state index contributed by atoms with van der Waals surface area (Å²) in [6.07, 6.45) is 3.47. The highest BCUT2D eigenvalue weighted by molar-refractivity contribution is 5.36. The van der Waals surface area contributed by atoms with Crippen molar-refractivity contribution in [1.82, 2.24) is 20.1 Å². The van der Waals surface area contributed by atoms with Gasteiger partial charge in [-0.15, -0.1) is 0 Å². The van der Waals surface area contributed by atoms with Crippen molar-refractivity contribution in [1.29, 1.82) is 0 Å². The van der Waals surface area contributed by atoms with Crippen LogP contribution < -0.4 is 15.4 Å². The molecule has 2 aromatic rings. The Bertz CT molecular complexity index is 505. The van der Waals surface area contributed by atoms with Crippen LogP contribution in [-0.4, -0.2) is 33.3 Å². The van der Waals surface area contributed by atoms with Gasteiger partial charge >= 0.3 is 6.01 Å². The summed E-state index contributed by atoms with van der Waals surface area (Å²) in [6, 6.07) is 2.09.